The van der Waals surface area contributed by atoms with Crippen LogP contribution in [0.2, 0.25) is 0 Å². The van der Waals surface area contributed by atoms with Crippen LogP contribution in [0.5, 0.6) is 0 Å². The molecule has 0 aliphatic carbocycles. The molecule has 0 amide bonds. The smallest absolute Gasteiger partial charge is 0.0991 e. The number of benzene rings is 1. The van der Waals surface area contributed by atoms with Gasteiger partial charge in [-0.3, -0.25) is 0 Å². The number of rotatable bonds is 8. The lowest BCUT2D eigenvalue weighted by molar-refractivity contribution is 0.0252. The summed E-state index contributed by atoms with van der Waals surface area (Å²) in [5.74, 6) is 0.479. The van der Waals surface area contributed by atoms with Gasteiger partial charge in [-0.2, -0.15) is 5.26 Å². The average Bonchev–Trinajstić information content (AvgIpc) is 2.44. The fraction of sp³-hybridized carbons (Fsp3) is 0.562. The Hall–Kier alpha value is -1.41. The largest absolute Gasteiger partial charge is 0.389 e. The molecule has 0 bridgehead atoms. The predicted molar refractivity (Wildman–Crippen MR) is 79.2 cm³/mol. The Morgan fingerprint density at radius 3 is 2.40 bits per heavy atom. The number of nitrogens with one attached hydrogen (secondary N) is 1. The van der Waals surface area contributed by atoms with E-state index in [2.05, 4.69) is 25.2 Å². The van der Waals surface area contributed by atoms with E-state index in [9.17, 15) is 5.11 Å². The first-order valence-electron chi connectivity index (χ1n) is 7.02. The zero-order valence-electron chi connectivity index (χ0n) is 12.5. The van der Waals surface area contributed by atoms with Gasteiger partial charge in [0.05, 0.1) is 24.3 Å². The summed E-state index contributed by atoms with van der Waals surface area (Å²) in [4.78, 5) is 0. The van der Waals surface area contributed by atoms with E-state index in [1.165, 1.54) is 0 Å². The lowest BCUT2D eigenvalue weighted by Crippen LogP contribution is -2.32. The quantitative estimate of drug-likeness (QED) is 0.764. The van der Waals surface area contributed by atoms with Gasteiger partial charge in [0.25, 0.3) is 0 Å². The highest BCUT2D eigenvalue weighted by Gasteiger charge is 2.09. The maximum absolute atomic E-state index is 9.81. The van der Waals surface area contributed by atoms with Gasteiger partial charge < -0.3 is 15.2 Å². The number of aliphatic hydroxyl groups is 1. The Bertz CT molecular complexity index is 423. The van der Waals surface area contributed by atoms with Crippen molar-refractivity contribution in [2.45, 2.75) is 32.9 Å². The van der Waals surface area contributed by atoms with E-state index in [4.69, 9.17) is 10.00 Å². The second-order valence-electron chi connectivity index (χ2n) is 5.45. The van der Waals surface area contributed by atoms with E-state index in [-0.39, 0.29) is 6.04 Å². The highest BCUT2D eigenvalue weighted by molar-refractivity contribution is 5.32. The molecule has 1 aromatic rings. The Morgan fingerprint density at radius 2 is 1.85 bits per heavy atom. The van der Waals surface area contributed by atoms with Gasteiger partial charge in [0.15, 0.2) is 0 Å². The SMILES string of the molecule is CC(C)COCC(O)CNC(C)c1ccc(C#N)cc1. The third-order valence-corrected chi connectivity index (χ3v) is 2.96. The van der Waals surface area contributed by atoms with Gasteiger partial charge in [-0.15, -0.1) is 0 Å². The van der Waals surface area contributed by atoms with Crippen LogP contribution in [0.1, 0.15) is 37.9 Å². The van der Waals surface area contributed by atoms with Crippen LogP contribution in [0.15, 0.2) is 24.3 Å². The fourth-order valence-corrected chi connectivity index (χ4v) is 1.78. The monoisotopic (exact) mass is 276 g/mol. The van der Waals surface area contributed by atoms with Gasteiger partial charge >= 0.3 is 0 Å². The summed E-state index contributed by atoms with van der Waals surface area (Å²) in [5, 5.41) is 21.8. The molecule has 1 rings (SSSR count). The molecule has 20 heavy (non-hydrogen) atoms. The van der Waals surface area contributed by atoms with Crippen LogP contribution in [0.4, 0.5) is 0 Å². The molecule has 0 fully saturated rings. The molecule has 4 nitrogen and oxygen atoms in total. The van der Waals surface area contributed by atoms with Crippen LogP contribution < -0.4 is 5.32 Å². The van der Waals surface area contributed by atoms with Crippen LogP contribution in [0.25, 0.3) is 0 Å². The highest BCUT2D eigenvalue weighted by atomic mass is 16.5. The zero-order valence-corrected chi connectivity index (χ0v) is 12.5. The van der Waals surface area contributed by atoms with E-state index in [1.807, 2.05) is 19.1 Å². The molecule has 0 heterocycles. The van der Waals surface area contributed by atoms with Crippen LogP contribution in [0, 0.1) is 17.2 Å². The number of hydrogen-bond acceptors (Lipinski definition) is 4. The molecule has 2 unspecified atom stereocenters. The number of aliphatic hydroxyl groups excluding tert-OH is 1. The molecule has 1 aromatic carbocycles. The predicted octanol–water partition coefficient (Wildman–Crippen LogP) is 2.24. The molecule has 0 aliphatic heterocycles. The molecular weight excluding hydrogens is 252 g/mol. The van der Waals surface area contributed by atoms with Crippen molar-refractivity contribution >= 4 is 0 Å². The van der Waals surface area contributed by atoms with Crippen LogP contribution >= 0.6 is 0 Å². The summed E-state index contributed by atoms with van der Waals surface area (Å²) in [6.45, 7) is 7.70. The van der Waals surface area contributed by atoms with Gasteiger partial charge in [-0.25, -0.2) is 0 Å². The number of ether oxygens (including phenoxy) is 1. The molecule has 0 spiro atoms. The summed E-state index contributed by atoms with van der Waals surface area (Å²) in [5.41, 5.74) is 1.75. The van der Waals surface area contributed by atoms with Crippen molar-refractivity contribution in [1.29, 1.82) is 5.26 Å². The third-order valence-electron chi connectivity index (χ3n) is 2.96. The summed E-state index contributed by atoms with van der Waals surface area (Å²) < 4.78 is 5.40. The Balaban J connectivity index is 2.31. The first-order valence-corrected chi connectivity index (χ1v) is 7.02. The number of nitrogens with zero attached hydrogens (tertiary/aromatic N) is 1. The van der Waals surface area contributed by atoms with E-state index in [1.54, 1.807) is 12.1 Å². The number of hydrogen-bond donors (Lipinski definition) is 2. The molecule has 4 heteroatoms. The zero-order chi connectivity index (χ0) is 15.0. The second-order valence-corrected chi connectivity index (χ2v) is 5.45. The minimum atomic E-state index is -0.505. The van der Waals surface area contributed by atoms with Crippen molar-refractivity contribution < 1.29 is 9.84 Å². The molecule has 0 saturated carbocycles. The molecule has 0 aromatic heterocycles. The maximum Gasteiger partial charge on any atom is 0.0991 e. The molecule has 110 valence electrons. The van der Waals surface area contributed by atoms with E-state index < -0.39 is 6.10 Å². The van der Waals surface area contributed by atoms with Gasteiger partial charge in [0, 0.05) is 19.2 Å². The first kappa shape index (κ1) is 16.6. The summed E-state index contributed by atoms with van der Waals surface area (Å²) >= 11 is 0. The minimum Gasteiger partial charge on any atom is -0.389 e. The average molecular weight is 276 g/mol. The molecule has 0 radical (unpaired) electrons. The lowest BCUT2D eigenvalue weighted by Gasteiger charge is -2.18. The van der Waals surface area contributed by atoms with Crippen molar-refractivity contribution in [2.24, 2.45) is 5.92 Å². The van der Waals surface area contributed by atoms with Crippen molar-refractivity contribution in [3.05, 3.63) is 35.4 Å². The van der Waals surface area contributed by atoms with Gasteiger partial charge in [-0.1, -0.05) is 26.0 Å². The standard InChI is InChI=1S/C16H24N2O2/c1-12(2)10-20-11-16(19)9-18-13(3)15-6-4-14(8-17)5-7-15/h4-7,12-13,16,18-19H,9-11H2,1-3H3. The van der Waals surface area contributed by atoms with E-state index in [0.29, 0.717) is 31.2 Å². The summed E-state index contributed by atoms with van der Waals surface area (Å²) in [6, 6.07) is 9.69. The van der Waals surface area contributed by atoms with Gasteiger partial charge in [0.1, 0.15) is 0 Å². The van der Waals surface area contributed by atoms with Crippen molar-refractivity contribution in [1.82, 2.24) is 5.32 Å². The Morgan fingerprint density at radius 1 is 1.20 bits per heavy atom. The fourth-order valence-electron chi connectivity index (χ4n) is 1.78. The van der Waals surface area contributed by atoms with Crippen LogP contribution in [-0.2, 0) is 4.74 Å². The topological polar surface area (TPSA) is 65.3 Å². The second kappa shape index (κ2) is 8.70. The number of nitriles is 1. The minimum absolute atomic E-state index is 0.127. The van der Waals surface area contributed by atoms with E-state index >= 15 is 0 Å². The highest BCUT2D eigenvalue weighted by Crippen LogP contribution is 2.12. The summed E-state index contributed by atoms with van der Waals surface area (Å²) in [7, 11) is 0. The normalized spacial score (nSPS) is 14.0. The van der Waals surface area contributed by atoms with Crippen LogP contribution in [0.3, 0.4) is 0 Å². The van der Waals surface area contributed by atoms with Crippen LogP contribution in [-0.4, -0.2) is 31.0 Å². The van der Waals surface area contributed by atoms with Crippen molar-refractivity contribution in [3.63, 3.8) is 0 Å². The molecule has 0 saturated heterocycles. The van der Waals surface area contributed by atoms with Gasteiger partial charge in [-0.05, 0) is 30.5 Å². The first-order chi connectivity index (χ1) is 9.52. The summed E-state index contributed by atoms with van der Waals surface area (Å²) in [6.07, 6.45) is -0.505. The Labute approximate surface area is 121 Å². The Kier molecular flexibility index (Phi) is 7.24. The van der Waals surface area contributed by atoms with Crippen molar-refractivity contribution in [3.8, 4) is 6.07 Å². The lowest BCUT2D eigenvalue weighted by atomic mass is 10.1. The van der Waals surface area contributed by atoms with Crippen molar-refractivity contribution in [2.75, 3.05) is 19.8 Å². The molecular formula is C16H24N2O2. The van der Waals surface area contributed by atoms with Gasteiger partial charge in [0.2, 0.25) is 0 Å². The molecule has 2 atom stereocenters. The third kappa shape index (κ3) is 6.16. The maximum atomic E-state index is 9.81. The molecule has 0 aliphatic rings. The molecule has 2 N–H and O–H groups in total. The van der Waals surface area contributed by atoms with E-state index in [0.717, 1.165) is 5.56 Å².